The molecule has 0 spiro atoms. The van der Waals surface area contributed by atoms with Gasteiger partial charge in [-0.05, 0) is 43.4 Å². The first-order chi connectivity index (χ1) is 18.2. The monoisotopic (exact) mass is 516 g/mol. The molecule has 1 aromatic carbocycles. The molecule has 1 aliphatic heterocycles. The molecule has 0 bridgehead atoms. The molecule has 2 aliphatic rings. The Morgan fingerprint density at radius 3 is 2.57 bits per heavy atom. The molecule has 0 atom stereocenters. The molecular formula is C27H32N8OS. The molecule has 0 amide bonds. The SMILES string of the molecule is OC1CCC(Nc2nc(Cc3ccccc3)cc(Nc3nc4ccc(N5CCNCC5)nc4s3)n2)CC1. The highest BCUT2D eigenvalue weighted by molar-refractivity contribution is 7.21. The fourth-order valence-electron chi connectivity index (χ4n) is 4.96. The van der Waals surface area contributed by atoms with Gasteiger partial charge in [0.15, 0.2) is 5.13 Å². The average molecular weight is 517 g/mol. The summed E-state index contributed by atoms with van der Waals surface area (Å²) in [5.41, 5.74) is 3.01. The molecule has 10 heteroatoms. The molecule has 0 radical (unpaired) electrons. The van der Waals surface area contributed by atoms with E-state index in [4.69, 9.17) is 19.9 Å². The van der Waals surface area contributed by atoms with Crippen molar-refractivity contribution < 1.29 is 5.11 Å². The van der Waals surface area contributed by atoms with Gasteiger partial charge in [-0.1, -0.05) is 41.7 Å². The molecule has 37 heavy (non-hydrogen) atoms. The van der Waals surface area contributed by atoms with Crippen LogP contribution in [0.4, 0.5) is 22.7 Å². The molecule has 1 aliphatic carbocycles. The van der Waals surface area contributed by atoms with Gasteiger partial charge in [0.25, 0.3) is 0 Å². The number of fused-ring (bicyclic) bond motifs is 1. The van der Waals surface area contributed by atoms with Gasteiger partial charge in [0.2, 0.25) is 5.95 Å². The van der Waals surface area contributed by atoms with Crippen molar-refractivity contribution >= 4 is 44.4 Å². The smallest absolute Gasteiger partial charge is 0.225 e. The van der Waals surface area contributed by atoms with Crippen molar-refractivity contribution in [2.24, 2.45) is 0 Å². The van der Waals surface area contributed by atoms with Crippen molar-refractivity contribution in [2.45, 2.75) is 44.2 Å². The average Bonchev–Trinajstić information content (AvgIpc) is 3.32. The Kier molecular flexibility index (Phi) is 7.11. The van der Waals surface area contributed by atoms with E-state index in [2.05, 4.69) is 39.0 Å². The van der Waals surface area contributed by atoms with Crippen LogP contribution in [0.25, 0.3) is 10.3 Å². The van der Waals surface area contributed by atoms with Crippen molar-refractivity contribution in [3.05, 3.63) is 59.8 Å². The lowest BCUT2D eigenvalue weighted by molar-refractivity contribution is 0.126. The van der Waals surface area contributed by atoms with Crippen molar-refractivity contribution in [2.75, 3.05) is 41.7 Å². The van der Waals surface area contributed by atoms with Crippen LogP contribution in [0.3, 0.4) is 0 Å². The van der Waals surface area contributed by atoms with Gasteiger partial charge in [-0.25, -0.2) is 15.0 Å². The van der Waals surface area contributed by atoms with E-state index in [9.17, 15) is 5.11 Å². The molecular weight excluding hydrogens is 484 g/mol. The first-order valence-corrected chi connectivity index (χ1v) is 13.9. The molecule has 4 aromatic rings. The number of hydrogen-bond donors (Lipinski definition) is 4. The minimum absolute atomic E-state index is 0.194. The highest BCUT2D eigenvalue weighted by Gasteiger charge is 2.21. The van der Waals surface area contributed by atoms with E-state index in [0.29, 0.717) is 18.2 Å². The quantitative estimate of drug-likeness (QED) is 0.290. The lowest BCUT2D eigenvalue weighted by Gasteiger charge is -2.28. The first kappa shape index (κ1) is 24.0. The summed E-state index contributed by atoms with van der Waals surface area (Å²) in [6, 6.07) is 16.7. The van der Waals surface area contributed by atoms with Crippen LogP contribution in [0.5, 0.6) is 0 Å². The van der Waals surface area contributed by atoms with Gasteiger partial charge in [-0.15, -0.1) is 0 Å². The standard InChI is InChI=1S/C27H32N8OS/c36-21-8-6-19(7-9-21)29-26-30-20(16-18-4-2-1-3-5-18)17-23(32-26)33-27-31-22-10-11-24(34-25(22)37-27)35-14-12-28-13-15-35/h1-5,10-11,17,19,21,28,36H,6-9,12-16H2,(H2,29,30,31,32,33). The van der Waals surface area contributed by atoms with Crippen LogP contribution < -0.4 is 20.9 Å². The van der Waals surface area contributed by atoms with Gasteiger partial charge < -0.3 is 26.0 Å². The number of hydrogen-bond acceptors (Lipinski definition) is 10. The normalized spacial score (nSPS) is 20.2. The Morgan fingerprint density at radius 2 is 1.76 bits per heavy atom. The van der Waals surface area contributed by atoms with E-state index in [1.165, 1.54) is 16.9 Å². The number of thiazole rings is 1. The van der Waals surface area contributed by atoms with Gasteiger partial charge in [-0.3, -0.25) is 0 Å². The minimum Gasteiger partial charge on any atom is -0.393 e. The van der Waals surface area contributed by atoms with Crippen molar-refractivity contribution in [1.82, 2.24) is 25.3 Å². The summed E-state index contributed by atoms with van der Waals surface area (Å²) in [5, 5.41) is 20.9. The van der Waals surface area contributed by atoms with Crippen LogP contribution in [0.15, 0.2) is 48.5 Å². The maximum atomic E-state index is 9.88. The van der Waals surface area contributed by atoms with Crippen LogP contribution in [0.1, 0.15) is 36.9 Å². The topological polar surface area (TPSA) is 111 Å². The van der Waals surface area contributed by atoms with Gasteiger partial charge in [0.05, 0.1) is 11.8 Å². The number of nitrogens with zero attached hydrogens (tertiary/aromatic N) is 5. The summed E-state index contributed by atoms with van der Waals surface area (Å²) >= 11 is 1.54. The van der Waals surface area contributed by atoms with Crippen LogP contribution in [-0.2, 0) is 6.42 Å². The molecule has 192 valence electrons. The molecule has 6 rings (SSSR count). The summed E-state index contributed by atoms with van der Waals surface area (Å²) in [7, 11) is 0. The fraction of sp³-hybridized carbons (Fsp3) is 0.407. The van der Waals surface area contributed by atoms with Crippen LogP contribution in [0, 0.1) is 0 Å². The van der Waals surface area contributed by atoms with Gasteiger partial charge in [0, 0.05) is 44.7 Å². The number of benzene rings is 1. The second kappa shape index (κ2) is 11.0. The van der Waals surface area contributed by atoms with E-state index < -0.39 is 0 Å². The Bertz CT molecular complexity index is 1330. The lowest BCUT2D eigenvalue weighted by Crippen LogP contribution is -2.43. The zero-order chi connectivity index (χ0) is 25.0. The molecule has 1 saturated heterocycles. The Hall–Kier alpha value is -3.34. The Morgan fingerprint density at radius 1 is 0.946 bits per heavy atom. The number of rotatable bonds is 7. The summed E-state index contributed by atoms with van der Waals surface area (Å²) in [4.78, 5) is 22.5. The number of aromatic nitrogens is 4. The van der Waals surface area contributed by atoms with E-state index in [1.54, 1.807) is 0 Å². The number of nitrogens with one attached hydrogen (secondary N) is 3. The van der Waals surface area contributed by atoms with Crippen molar-refractivity contribution in [3.8, 4) is 0 Å². The van der Waals surface area contributed by atoms with Gasteiger partial charge in [-0.2, -0.15) is 4.98 Å². The van der Waals surface area contributed by atoms with Crippen LogP contribution >= 0.6 is 11.3 Å². The highest BCUT2D eigenvalue weighted by Crippen LogP contribution is 2.29. The van der Waals surface area contributed by atoms with Crippen LogP contribution in [0.2, 0.25) is 0 Å². The van der Waals surface area contributed by atoms with Gasteiger partial charge >= 0.3 is 0 Å². The van der Waals surface area contributed by atoms with Crippen molar-refractivity contribution in [3.63, 3.8) is 0 Å². The lowest BCUT2D eigenvalue weighted by atomic mass is 9.93. The third-order valence-electron chi connectivity index (χ3n) is 6.95. The third-order valence-corrected chi connectivity index (χ3v) is 7.83. The van der Waals surface area contributed by atoms with E-state index in [0.717, 1.165) is 78.9 Å². The summed E-state index contributed by atoms with van der Waals surface area (Å²) in [6.45, 7) is 3.88. The number of pyridine rings is 1. The number of aliphatic hydroxyl groups is 1. The Balaban J connectivity index is 1.24. The molecule has 1 saturated carbocycles. The third kappa shape index (κ3) is 5.98. The zero-order valence-electron chi connectivity index (χ0n) is 20.7. The fourth-order valence-corrected chi connectivity index (χ4v) is 5.80. The molecule has 4 N–H and O–H groups in total. The van der Waals surface area contributed by atoms with E-state index in [-0.39, 0.29) is 12.1 Å². The zero-order valence-corrected chi connectivity index (χ0v) is 21.5. The second-order valence-electron chi connectivity index (χ2n) is 9.76. The Labute approximate surface area is 220 Å². The number of anilines is 4. The predicted molar refractivity (Wildman–Crippen MR) is 149 cm³/mol. The first-order valence-electron chi connectivity index (χ1n) is 13.0. The molecule has 4 heterocycles. The largest absolute Gasteiger partial charge is 0.393 e. The highest BCUT2D eigenvalue weighted by atomic mass is 32.1. The number of aliphatic hydroxyl groups excluding tert-OH is 1. The number of piperazine rings is 1. The molecule has 2 fully saturated rings. The summed E-state index contributed by atoms with van der Waals surface area (Å²) in [5.74, 6) is 2.32. The van der Waals surface area contributed by atoms with E-state index >= 15 is 0 Å². The maximum Gasteiger partial charge on any atom is 0.225 e. The van der Waals surface area contributed by atoms with Gasteiger partial charge in [0.1, 0.15) is 22.0 Å². The predicted octanol–water partition coefficient (Wildman–Crippen LogP) is 3.94. The van der Waals surface area contributed by atoms with Crippen molar-refractivity contribution in [1.29, 1.82) is 0 Å². The molecule has 0 unspecified atom stereocenters. The summed E-state index contributed by atoms with van der Waals surface area (Å²) < 4.78 is 0. The molecule has 9 nitrogen and oxygen atoms in total. The maximum absolute atomic E-state index is 9.88. The molecule has 3 aromatic heterocycles. The van der Waals surface area contributed by atoms with E-state index in [1.807, 2.05) is 30.3 Å². The minimum atomic E-state index is -0.194. The summed E-state index contributed by atoms with van der Waals surface area (Å²) in [6.07, 6.45) is 3.96. The van der Waals surface area contributed by atoms with Crippen LogP contribution in [-0.4, -0.2) is 63.4 Å². The second-order valence-corrected chi connectivity index (χ2v) is 10.7.